The van der Waals surface area contributed by atoms with E-state index in [1.54, 1.807) is 6.07 Å². The number of benzene rings is 1. The van der Waals surface area contributed by atoms with Crippen LogP contribution in [0.3, 0.4) is 0 Å². The average molecular weight is 295 g/mol. The Hall–Kier alpha value is -1.01. The molecule has 1 heterocycles. The lowest BCUT2D eigenvalue weighted by Crippen LogP contribution is -2.56. The zero-order chi connectivity index (χ0) is 15.4. The molecule has 3 N–H and O–H groups in total. The van der Waals surface area contributed by atoms with Crippen molar-refractivity contribution in [1.82, 2.24) is 10.3 Å². The van der Waals surface area contributed by atoms with E-state index >= 15 is 0 Å². The fourth-order valence-corrected chi connectivity index (χ4v) is 2.83. The molecule has 2 atom stereocenters. The van der Waals surface area contributed by atoms with Crippen LogP contribution in [0.25, 0.3) is 0 Å². The minimum atomic E-state index is -0.201. The number of nitrogens with zero attached hydrogens (tertiary/aromatic N) is 1. The van der Waals surface area contributed by atoms with Crippen molar-refractivity contribution in [2.75, 3.05) is 19.7 Å². The van der Waals surface area contributed by atoms with Crippen LogP contribution in [-0.2, 0) is 11.2 Å². The van der Waals surface area contributed by atoms with Crippen molar-refractivity contribution in [3.05, 3.63) is 35.1 Å². The van der Waals surface area contributed by atoms with Gasteiger partial charge < -0.3 is 4.74 Å². The molecule has 1 aliphatic rings. The van der Waals surface area contributed by atoms with Crippen LogP contribution in [0.4, 0.5) is 4.39 Å². The standard InChI is InChI=1S/C16H26FN3O/c1-11(2)20-6-7-21-16(10-20)15(19-18)9-13-4-5-14(17)8-12(13)3/h4-5,8,11,15-16,19H,6-7,9-10,18H2,1-3H3. The SMILES string of the molecule is Cc1cc(F)ccc1CC(NN)C1CN(C(C)C)CCO1. The molecule has 0 spiro atoms. The molecule has 0 saturated carbocycles. The first-order valence-electron chi connectivity index (χ1n) is 7.58. The first kappa shape index (κ1) is 16.4. The van der Waals surface area contributed by atoms with Crippen molar-refractivity contribution in [3.63, 3.8) is 0 Å². The first-order chi connectivity index (χ1) is 10.0. The monoisotopic (exact) mass is 295 g/mol. The van der Waals surface area contributed by atoms with E-state index in [0.717, 1.165) is 37.2 Å². The molecule has 21 heavy (non-hydrogen) atoms. The van der Waals surface area contributed by atoms with Gasteiger partial charge in [-0.3, -0.25) is 16.2 Å². The molecule has 5 heteroatoms. The van der Waals surface area contributed by atoms with Crippen LogP contribution in [-0.4, -0.2) is 42.8 Å². The molecular formula is C16H26FN3O. The molecule has 118 valence electrons. The van der Waals surface area contributed by atoms with Gasteiger partial charge in [0.25, 0.3) is 0 Å². The Morgan fingerprint density at radius 2 is 2.24 bits per heavy atom. The normalized spacial score (nSPS) is 21.7. The van der Waals surface area contributed by atoms with Crippen molar-refractivity contribution in [2.45, 2.75) is 45.4 Å². The number of hydrogen-bond donors (Lipinski definition) is 2. The summed E-state index contributed by atoms with van der Waals surface area (Å²) in [5.41, 5.74) is 4.93. The lowest BCUT2D eigenvalue weighted by atomic mass is 9.97. The largest absolute Gasteiger partial charge is 0.374 e. The molecule has 2 unspecified atom stereocenters. The lowest BCUT2D eigenvalue weighted by molar-refractivity contribution is -0.0552. The van der Waals surface area contributed by atoms with Gasteiger partial charge in [0.1, 0.15) is 5.82 Å². The third-order valence-corrected chi connectivity index (χ3v) is 4.26. The van der Waals surface area contributed by atoms with Crippen LogP contribution in [0, 0.1) is 12.7 Å². The number of nitrogens with one attached hydrogen (secondary N) is 1. The predicted octanol–water partition coefficient (Wildman–Crippen LogP) is 1.62. The van der Waals surface area contributed by atoms with Crippen LogP contribution in [0.15, 0.2) is 18.2 Å². The van der Waals surface area contributed by atoms with E-state index in [1.165, 1.54) is 6.07 Å². The van der Waals surface area contributed by atoms with E-state index in [9.17, 15) is 4.39 Å². The topological polar surface area (TPSA) is 50.5 Å². The molecule has 0 aromatic heterocycles. The summed E-state index contributed by atoms with van der Waals surface area (Å²) in [5.74, 6) is 5.53. The molecule has 4 nitrogen and oxygen atoms in total. The van der Waals surface area contributed by atoms with Crippen molar-refractivity contribution < 1.29 is 9.13 Å². The minimum Gasteiger partial charge on any atom is -0.374 e. The Morgan fingerprint density at radius 3 is 2.86 bits per heavy atom. The van der Waals surface area contributed by atoms with Gasteiger partial charge in [0, 0.05) is 19.1 Å². The Kier molecular flexibility index (Phi) is 5.70. The summed E-state index contributed by atoms with van der Waals surface area (Å²) < 4.78 is 19.1. The smallest absolute Gasteiger partial charge is 0.123 e. The Labute approximate surface area is 126 Å². The average Bonchev–Trinajstić information content (AvgIpc) is 2.46. The number of ether oxygens (including phenoxy) is 1. The maximum absolute atomic E-state index is 13.2. The highest BCUT2D eigenvalue weighted by atomic mass is 19.1. The number of hydrogen-bond acceptors (Lipinski definition) is 4. The number of morpholine rings is 1. The van der Waals surface area contributed by atoms with Crippen LogP contribution >= 0.6 is 0 Å². The fraction of sp³-hybridized carbons (Fsp3) is 0.625. The van der Waals surface area contributed by atoms with Crippen molar-refractivity contribution in [2.24, 2.45) is 5.84 Å². The minimum absolute atomic E-state index is 0.0238. The molecule has 1 aromatic rings. The second-order valence-electron chi connectivity index (χ2n) is 6.05. The van der Waals surface area contributed by atoms with Crippen molar-refractivity contribution in [3.8, 4) is 0 Å². The van der Waals surface area contributed by atoms with E-state index in [4.69, 9.17) is 10.6 Å². The van der Waals surface area contributed by atoms with E-state index < -0.39 is 0 Å². The molecule has 0 amide bonds. The first-order valence-corrected chi connectivity index (χ1v) is 7.58. The van der Waals surface area contributed by atoms with Crippen LogP contribution in [0.2, 0.25) is 0 Å². The third kappa shape index (κ3) is 4.23. The number of aryl methyl sites for hydroxylation is 1. The van der Waals surface area contributed by atoms with Gasteiger partial charge in [0.15, 0.2) is 0 Å². The molecule has 0 radical (unpaired) electrons. The summed E-state index contributed by atoms with van der Waals surface area (Å²) in [5, 5.41) is 0. The molecule has 2 rings (SSSR count). The van der Waals surface area contributed by atoms with Gasteiger partial charge in [0.2, 0.25) is 0 Å². The number of halogens is 1. The second kappa shape index (κ2) is 7.31. The highest BCUT2D eigenvalue weighted by Crippen LogP contribution is 2.17. The number of nitrogens with two attached hydrogens (primary N) is 1. The number of rotatable bonds is 5. The molecule has 1 aliphatic heterocycles. The summed E-state index contributed by atoms with van der Waals surface area (Å²) >= 11 is 0. The molecule has 0 aliphatic carbocycles. The van der Waals surface area contributed by atoms with Crippen LogP contribution < -0.4 is 11.3 Å². The lowest BCUT2D eigenvalue weighted by Gasteiger charge is -2.38. The zero-order valence-corrected chi connectivity index (χ0v) is 13.1. The van der Waals surface area contributed by atoms with E-state index in [-0.39, 0.29) is 18.0 Å². The van der Waals surface area contributed by atoms with E-state index in [0.29, 0.717) is 6.04 Å². The molecule has 1 aromatic carbocycles. The van der Waals surface area contributed by atoms with Gasteiger partial charge in [0.05, 0.1) is 18.8 Å². The van der Waals surface area contributed by atoms with Gasteiger partial charge in [-0.05, 0) is 50.5 Å². The van der Waals surface area contributed by atoms with Gasteiger partial charge in [-0.25, -0.2) is 4.39 Å². The maximum Gasteiger partial charge on any atom is 0.123 e. The molecule has 0 bridgehead atoms. The third-order valence-electron chi connectivity index (χ3n) is 4.26. The zero-order valence-electron chi connectivity index (χ0n) is 13.1. The van der Waals surface area contributed by atoms with Gasteiger partial charge in [-0.2, -0.15) is 0 Å². The summed E-state index contributed by atoms with van der Waals surface area (Å²) in [6.45, 7) is 8.86. The fourth-order valence-electron chi connectivity index (χ4n) is 2.83. The Morgan fingerprint density at radius 1 is 1.48 bits per heavy atom. The molecule has 1 saturated heterocycles. The van der Waals surface area contributed by atoms with Gasteiger partial charge in [-0.1, -0.05) is 6.07 Å². The van der Waals surface area contributed by atoms with Crippen LogP contribution in [0.5, 0.6) is 0 Å². The van der Waals surface area contributed by atoms with Gasteiger partial charge >= 0.3 is 0 Å². The summed E-state index contributed by atoms with van der Waals surface area (Å²) in [6, 6.07) is 5.42. The van der Waals surface area contributed by atoms with Crippen LogP contribution in [0.1, 0.15) is 25.0 Å². The van der Waals surface area contributed by atoms with Gasteiger partial charge in [-0.15, -0.1) is 0 Å². The molecule has 1 fully saturated rings. The van der Waals surface area contributed by atoms with E-state index in [2.05, 4.69) is 24.2 Å². The Bertz CT molecular complexity index is 467. The van der Waals surface area contributed by atoms with E-state index in [1.807, 2.05) is 13.0 Å². The summed E-state index contributed by atoms with van der Waals surface area (Å²) in [4.78, 5) is 2.40. The highest BCUT2D eigenvalue weighted by Gasteiger charge is 2.29. The quantitative estimate of drug-likeness (QED) is 0.640. The highest BCUT2D eigenvalue weighted by molar-refractivity contribution is 5.27. The maximum atomic E-state index is 13.2. The Balaban J connectivity index is 2.05. The summed E-state index contributed by atoms with van der Waals surface area (Å²) in [7, 11) is 0. The van der Waals surface area contributed by atoms with Crippen molar-refractivity contribution >= 4 is 0 Å². The van der Waals surface area contributed by atoms with Crippen molar-refractivity contribution in [1.29, 1.82) is 0 Å². The second-order valence-corrected chi connectivity index (χ2v) is 6.05. The number of hydrazine groups is 1. The molecular weight excluding hydrogens is 269 g/mol. The predicted molar refractivity (Wildman–Crippen MR) is 82.4 cm³/mol. The summed E-state index contributed by atoms with van der Waals surface area (Å²) in [6.07, 6.45) is 0.787.